The number of carbonyl (C=O) groups excluding carboxylic acids is 1. The quantitative estimate of drug-likeness (QED) is 0.850. The van der Waals surface area contributed by atoms with E-state index in [0.29, 0.717) is 18.2 Å². The van der Waals surface area contributed by atoms with Crippen LogP contribution in [0, 0.1) is 6.92 Å². The maximum absolute atomic E-state index is 12.2. The van der Waals surface area contributed by atoms with Crippen molar-refractivity contribution in [1.29, 1.82) is 0 Å². The molecule has 0 aromatic carbocycles. The zero-order valence-corrected chi connectivity index (χ0v) is 14.7. The van der Waals surface area contributed by atoms with Gasteiger partial charge in [0.1, 0.15) is 0 Å². The molecule has 9 heteroatoms. The first-order chi connectivity index (χ1) is 11.9. The van der Waals surface area contributed by atoms with Crippen LogP contribution >= 0.6 is 0 Å². The summed E-state index contributed by atoms with van der Waals surface area (Å²) in [6.07, 6.45) is 4.99. The second-order valence-electron chi connectivity index (χ2n) is 6.35. The summed E-state index contributed by atoms with van der Waals surface area (Å²) >= 11 is 0. The lowest BCUT2D eigenvalue weighted by Crippen LogP contribution is -2.50. The molecule has 1 aliphatic heterocycles. The average molecular weight is 345 g/mol. The molecule has 1 atom stereocenters. The molecule has 1 aliphatic rings. The highest BCUT2D eigenvalue weighted by Crippen LogP contribution is 2.15. The summed E-state index contributed by atoms with van der Waals surface area (Å²) < 4.78 is 3.21. The number of piperidine rings is 1. The zero-order chi connectivity index (χ0) is 18.0. The highest BCUT2D eigenvalue weighted by atomic mass is 16.2. The molecule has 1 unspecified atom stereocenters. The Morgan fingerprint density at radius 3 is 2.88 bits per heavy atom. The van der Waals surface area contributed by atoms with Gasteiger partial charge in [0.25, 0.3) is 5.56 Å². The van der Waals surface area contributed by atoms with Gasteiger partial charge in [-0.05, 0) is 19.8 Å². The molecule has 1 fully saturated rings. The van der Waals surface area contributed by atoms with Crippen LogP contribution in [0.5, 0.6) is 0 Å². The lowest BCUT2D eigenvalue weighted by Gasteiger charge is -2.33. The van der Waals surface area contributed by atoms with E-state index in [4.69, 9.17) is 0 Å². The highest BCUT2D eigenvalue weighted by Gasteiger charge is 2.24. The van der Waals surface area contributed by atoms with Crippen LogP contribution in [0.25, 0.3) is 0 Å². The van der Waals surface area contributed by atoms with E-state index in [1.807, 2.05) is 24.9 Å². The standard InChI is InChI=1S/C16H23N7O2/c1-11-9-13(20-22(11)3)19-16(25)18-12-5-4-7-23(10-12)14-15(24)21(2)8-6-17-14/h6,8-9,12H,4-5,7,10H2,1-3H3,(H2,18,19,20,25). The third-order valence-electron chi connectivity index (χ3n) is 4.41. The molecular formula is C16H23N7O2. The van der Waals surface area contributed by atoms with Crippen molar-refractivity contribution >= 4 is 17.7 Å². The zero-order valence-electron chi connectivity index (χ0n) is 14.7. The van der Waals surface area contributed by atoms with Gasteiger partial charge in [0.2, 0.25) is 0 Å². The molecule has 0 aliphatic carbocycles. The van der Waals surface area contributed by atoms with Crippen LogP contribution in [0.4, 0.5) is 16.4 Å². The summed E-state index contributed by atoms with van der Waals surface area (Å²) in [4.78, 5) is 30.6. The van der Waals surface area contributed by atoms with E-state index in [0.717, 1.165) is 25.1 Å². The fourth-order valence-electron chi connectivity index (χ4n) is 2.95. The molecule has 25 heavy (non-hydrogen) atoms. The lowest BCUT2D eigenvalue weighted by atomic mass is 10.1. The van der Waals surface area contributed by atoms with Crippen molar-refractivity contribution in [3.8, 4) is 0 Å². The molecule has 3 rings (SSSR count). The van der Waals surface area contributed by atoms with Crippen LogP contribution in [0.2, 0.25) is 0 Å². The number of nitrogens with zero attached hydrogens (tertiary/aromatic N) is 5. The first-order valence-electron chi connectivity index (χ1n) is 8.29. The van der Waals surface area contributed by atoms with Crippen LogP contribution in [-0.2, 0) is 14.1 Å². The number of aryl methyl sites for hydroxylation is 3. The SMILES string of the molecule is Cc1cc(NC(=O)NC2CCCN(c3nccn(C)c3=O)C2)nn1C. The predicted octanol–water partition coefficient (Wildman–Crippen LogP) is 0.613. The number of aromatic nitrogens is 4. The van der Waals surface area contributed by atoms with Crippen molar-refractivity contribution in [2.45, 2.75) is 25.8 Å². The van der Waals surface area contributed by atoms with E-state index in [-0.39, 0.29) is 17.6 Å². The second-order valence-corrected chi connectivity index (χ2v) is 6.35. The number of nitrogens with one attached hydrogen (secondary N) is 2. The Morgan fingerprint density at radius 2 is 2.16 bits per heavy atom. The maximum Gasteiger partial charge on any atom is 0.320 e. The number of hydrogen-bond donors (Lipinski definition) is 2. The normalized spacial score (nSPS) is 17.4. The Bertz CT molecular complexity index is 807. The summed E-state index contributed by atoms with van der Waals surface area (Å²) in [6.45, 7) is 3.23. The highest BCUT2D eigenvalue weighted by molar-refractivity contribution is 5.88. The molecule has 0 saturated carbocycles. The first kappa shape index (κ1) is 17.0. The third kappa shape index (κ3) is 3.81. The summed E-state index contributed by atoms with van der Waals surface area (Å²) in [5, 5.41) is 9.90. The van der Waals surface area contributed by atoms with Gasteiger partial charge >= 0.3 is 6.03 Å². The molecule has 0 spiro atoms. The molecule has 2 aromatic rings. The fourth-order valence-corrected chi connectivity index (χ4v) is 2.95. The Hall–Kier alpha value is -2.84. The van der Waals surface area contributed by atoms with Crippen LogP contribution in [0.1, 0.15) is 18.5 Å². The Labute approximate surface area is 145 Å². The largest absolute Gasteiger partial charge is 0.350 e. The van der Waals surface area contributed by atoms with Crippen LogP contribution in [0.15, 0.2) is 23.3 Å². The van der Waals surface area contributed by atoms with Gasteiger partial charge in [-0.2, -0.15) is 5.10 Å². The number of urea groups is 1. The minimum absolute atomic E-state index is 0.0507. The Balaban J connectivity index is 1.62. The van der Waals surface area contributed by atoms with Gasteiger partial charge < -0.3 is 14.8 Å². The summed E-state index contributed by atoms with van der Waals surface area (Å²) in [6, 6.07) is 1.47. The molecule has 2 amide bonds. The number of rotatable bonds is 3. The molecule has 3 heterocycles. The molecule has 2 N–H and O–H groups in total. The van der Waals surface area contributed by atoms with Gasteiger partial charge in [0.05, 0.1) is 0 Å². The summed E-state index contributed by atoms with van der Waals surface area (Å²) in [5.74, 6) is 0.945. The number of carbonyl (C=O) groups is 1. The first-order valence-corrected chi connectivity index (χ1v) is 8.29. The summed E-state index contributed by atoms with van der Waals surface area (Å²) in [5.41, 5.74) is 0.835. The van der Waals surface area contributed by atoms with E-state index < -0.39 is 0 Å². The summed E-state index contributed by atoms with van der Waals surface area (Å²) in [7, 11) is 3.53. The number of anilines is 2. The van der Waals surface area contributed by atoms with E-state index in [1.165, 1.54) is 4.57 Å². The van der Waals surface area contributed by atoms with Crippen molar-refractivity contribution in [1.82, 2.24) is 24.6 Å². The molecule has 134 valence electrons. The predicted molar refractivity (Wildman–Crippen MR) is 94.8 cm³/mol. The van der Waals surface area contributed by atoms with Gasteiger partial charge in [-0.25, -0.2) is 9.78 Å². The van der Waals surface area contributed by atoms with E-state index in [9.17, 15) is 9.59 Å². The number of hydrogen-bond acceptors (Lipinski definition) is 5. The lowest BCUT2D eigenvalue weighted by molar-refractivity contribution is 0.246. The number of amides is 2. The maximum atomic E-state index is 12.2. The van der Waals surface area contributed by atoms with Gasteiger partial charge in [0.15, 0.2) is 11.6 Å². The smallest absolute Gasteiger partial charge is 0.320 e. The Kier molecular flexibility index (Phi) is 4.73. The monoisotopic (exact) mass is 345 g/mol. The van der Waals surface area contributed by atoms with Gasteiger partial charge in [-0.1, -0.05) is 0 Å². The van der Waals surface area contributed by atoms with Crippen molar-refractivity contribution in [3.63, 3.8) is 0 Å². The van der Waals surface area contributed by atoms with E-state index >= 15 is 0 Å². The second kappa shape index (κ2) is 6.96. The van der Waals surface area contributed by atoms with Crippen molar-refractivity contribution in [2.75, 3.05) is 23.3 Å². The van der Waals surface area contributed by atoms with Crippen molar-refractivity contribution < 1.29 is 4.79 Å². The van der Waals surface area contributed by atoms with E-state index in [2.05, 4.69) is 20.7 Å². The molecule has 2 aromatic heterocycles. The van der Waals surface area contributed by atoms with Crippen LogP contribution in [-0.4, -0.2) is 44.5 Å². The van der Waals surface area contributed by atoms with Crippen molar-refractivity contribution in [3.05, 3.63) is 34.5 Å². The molecule has 0 radical (unpaired) electrons. The van der Waals surface area contributed by atoms with E-state index in [1.54, 1.807) is 24.1 Å². The molecule has 0 bridgehead atoms. The molecule has 9 nitrogen and oxygen atoms in total. The molecular weight excluding hydrogens is 322 g/mol. The van der Waals surface area contributed by atoms with Crippen LogP contribution < -0.4 is 21.1 Å². The average Bonchev–Trinajstić information content (AvgIpc) is 2.87. The topological polar surface area (TPSA) is 97.1 Å². The van der Waals surface area contributed by atoms with Gasteiger partial charge in [-0.3, -0.25) is 14.8 Å². The van der Waals surface area contributed by atoms with Crippen LogP contribution in [0.3, 0.4) is 0 Å². The molecule has 1 saturated heterocycles. The minimum atomic E-state index is -0.293. The minimum Gasteiger partial charge on any atom is -0.350 e. The Morgan fingerprint density at radius 1 is 1.36 bits per heavy atom. The fraction of sp³-hybridized carbons (Fsp3) is 0.500. The third-order valence-corrected chi connectivity index (χ3v) is 4.41. The van der Waals surface area contributed by atoms with Crippen molar-refractivity contribution in [2.24, 2.45) is 14.1 Å². The van der Waals surface area contributed by atoms with Gasteiger partial charge in [-0.15, -0.1) is 0 Å². The van der Waals surface area contributed by atoms with Gasteiger partial charge in [0, 0.05) is 57.4 Å².